The highest BCUT2D eigenvalue weighted by Crippen LogP contribution is 1.99. The minimum absolute atomic E-state index is 0.332. The molecule has 3 N–H and O–H groups in total. The molecular weight excluding hydrogens is 175 g/mol. The van der Waals surface area contributed by atoms with Crippen LogP contribution in [0.5, 0.6) is 0 Å². The van der Waals surface area contributed by atoms with Gasteiger partial charge in [-0.25, -0.2) is 4.79 Å². The summed E-state index contributed by atoms with van der Waals surface area (Å²) in [5.41, 5.74) is 0.581. The minimum Gasteiger partial charge on any atom is -0.338 e. The summed E-state index contributed by atoms with van der Waals surface area (Å²) in [6.45, 7) is -0.0911. The highest BCUT2D eigenvalue weighted by molar-refractivity contribution is 5.88. The molecule has 1 heterocycles. The zero-order valence-corrected chi connectivity index (χ0v) is 7.01. The first kappa shape index (κ1) is 9.50. The molecule has 0 spiro atoms. The predicted octanol–water partition coefficient (Wildman–Crippen LogP) is 0.891. The molecule has 0 unspecified atom stereocenters. The smallest absolute Gasteiger partial charge is 0.319 e. The first-order chi connectivity index (χ1) is 6.33. The van der Waals surface area contributed by atoms with Crippen molar-refractivity contribution in [3.05, 3.63) is 12.4 Å². The van der Waals surface area contributed by atoms with E-state index in [0.717, 1.165) is 0 Å². The summed E-state index contributed by atoms with van der Waals surface area (Å²) in [6.07, 6.45) is 3.36. The van der Waals surface area contributed by atoms with Crippen LogP contribution in [0.3, 0.4) is 0 Å². The molecule has 0 bridgehead atoms. The van der Waals surface area contributed by atoms with Crippen molar-refractivity contribution in [1.82, 2.24) is 15.5 Å². The van der Waals surface area contributed by atoms with Crippen LogP contribution in [0.15, 0.2) is 12.4 Å². The van der Waals surface area contributed by atoms with E-state index in [4.69, 9.17) is 0 Å². The van der Waals surface area contributed by atoms with Gasteiger partial charge in [0.25, 0.3) is 0 Å². The average molecular weight is 186 g/mol. The molecule has 5 nitrogen and oxygen atoms in total. The topological polar surface area (TPSA) is 69.8 Å². The molecule has 0 radical (unpaired) electrons. The van der Waals surface area contributed by atoms with Gasteiger partial charge in [-0.05, 0) is 6.42 Å². The van der Waals surface area contributed by atoms with E-state index in [9.17, 15) is 9.18 Å². The van der Waals surface area contributed by atoms with Gasteiger partial charge in [0, 0.05) is 12.7 Å². The van der Waals surface area contributed by atoms with Gasteiger partial charge in [-0.2, -0.15) is 5.10 Å². The third-order valence-electron chi connectivity index (χ3n) is 1.35. The van der Waals surface area contributed by atoms with Crippen molar-refractivity contribution in [3.63, 3.8) is 0 Å². The SMILES string of the molecule is O=C(NCCCF)Nc1cn[nH]c1. The maximum absolute atomic E-state index is 11.6. The van der Waals surface area contributed by atoms with Crippen molar-refractivity contribution in [2.45, 2.75) is 6.42 Å². The van der Waals surface area contributed by atoms with Gasteiger partial charge in [-0.15, -0.1) is 0 Å². The van der Waals surface area contributed by atoms with E-state index in [2.05, 4.69) is 20.8 Å². The van der Waals surface area contributed by atoms with Crippen molar-refractivity contribution in [2.75, 3.05) is 18.5 Å². The number of anilines is 1. The maximum atomic E-state index is 11.6. The molecular formula is C7H11FN4O. The van der Waals surface area contributed by atoms with Gasteiger partial charge < -0.3 is 10.6 Å². The van der Waals surface area contributed by atoms with E-state index < -0.39 is 6.67 Å². The van der Waals surface area contributed by atoms with Gasteiger partial charge in [0.2, 0.25) is 0 Å². The Balaban J connectivity index is 2.18. The van der Waals surface area contributed by atoms with Crippen LogP contribution in [0.1, 0.15) is 6.42 Å². The zero-order valence-electron chi connectivity index (χ0n) is 7.01. The largest absolute Gasteiger partial charge is 0.338 e. The number of halogens is 1. The molecule has 6 heteroatoms. The standard InChI is InChI=1S/C7H11FN4O/c8-2-1-3-9-7(13)12-6-4-10-11-5-6/h4-5H,1-3H2,(H,10,11)(H2,9,12,13). The van der Waals surface area contributed by atoms with E-state index in [1.165, 1.54) is 6.20 Å². The quantitative estimate of drug-likeness (QED) is 0.611. The second kappa shape index (κ2) is 5.13. The van der Waals surface area contributed by atoms with Gasteiger partial charge in [0.1, 0.15) is 0 Å². The molecule has 13 heavy (non-hydrogen) atoms. The number of nitrogens with zero attached hydrogens (tertiary/aromatic N) is 1. The number of alkyl halides is 1. The van der Waals surface area contributed by atoms with E-state index in [-0.39, 0.29) is 6.03 Å². The zero-order chi connectivity index (χ0) is 9.52. The van der Waals surface area contributed by atoms with Crippen LogP contribution in [0.2, 0.25) is 0 Å². The number of aromatic amines is 1. The molecule has 0 saturated carbocycles. The van der Waals surface area contributed by atoms with Crippen LogP contribution in [-0.2, 0) is 0 Å². The first-order valence-electron chi connectivity index (χ1n) is 3.92. The number of aromatic nitrogens is 2. The third-order valence-corrected chi connectivity index (χ3v) is 1.35. The second-order valence-electron chi connectivity index (χ2n) is 2.41. The normalized spacial score (nSPS) is 9.62. The van der Waals surface area contributed by atoms with Crippen LogP contribution < -0.4 is 10.6 Å². The predicted molar refractivity (Wildman–Crippen MR) is 46.2 cm³/mol. The Labute approximate surface area is 74.7 Å². The molecule has 0 aliphatic rings. The van der Waals surface area contributed by atoms with Crippen molar-refractivity contribution in [2.24, 2.45) is 0 Å². The fourth-order valence-corrected chi connectivity index (χ4v) is 0.763. The molecule has 72 valence electrons. The van der Waals surface area contributed by atoms with Crippen molar-refractivity contribution < 1.29 is 9.18 Å². The molecule has 1 aromatic heterocycles. The molecule has 0 saturated heterocycles. The molecule has 1 rings (SSSR count). The van der Waals surface area contributed by atoms with Gasteiger partial charge >= 0.3 is 6.03 Å². The Morgan fingerprint density at radius 2 is 2.54 bits per heavy atom. The number of H-pyrrole nitrogens is 1. The van der Waals surface area contributed by atoms with Gasteiger partial charge in [-0.3, -0.25) is 9.49 Å². The Morgan fingerprint density at radius 3 is 3.15 bits per heavy atom. The van der Waals surface area contributed by atoms with Crippen LogP contribution in [0.25, 0.3) is 0 Å². The number of nitrogens with one attached hydrogen (secondary N) is 3. The maximum Gasteiger partial charge on any atom is 0.319 e. The van der Waals surface area contributed by atoms with E-state index in [0.29, 0.717) is 18.7 Å². The summed E-state index contributed by atoms with van der Waals surface area (Å²) in [5.74, 6) is 0. The Morgan fingerprint density at radius 1 is 1.69 bits per heavy atom. The number of hydrogen-bond acceptors (Lipinski definition) is 2. The molecule has 1 aromatic rings. The first-order valence-corrected chi connectivity index (χ1v) is 3.92. The van der Waals surface area contributed by atoms with Gasteiger partial charge in [0.15, 0.2) is 0 Å². The molecule has 0 aliphatic heterocycles. The lowest BCUT2D eigenvalue weighted by Gasteiger charge is -2.03. The summed E-state index contributed by atoms with van der Waals surface area (Å²) >= 11 is 0. The Hall–Kier alpha value is -1.59. The molecule has 0 atom stereocenters. The van der Waals surface area contributed by atoms with Crippen LogP contribution in [0, 0.1) is 0 Å². The fourth-order valence-electron chi connectivity index (χ4n) is 0.763. The van der Waals surface area contributed by atoms with E-state index >= 15 is 0 Å². The lowest BCUT2D eigenvalue weighted by Crippen LogP contribution is -2.29. The van der Waals surface area contributed by atoms with E-state index in [1.807, 2.05) is 0 Å². The second-order valence-corrected chi connectivity index (χ2v) is 2.41. The number of urea groups is 1. The number of amides is 2. The molecule has 0 aromatic carbocycles. The van der Waals surface area contributed by atoms with Crippen LogP contribution in [-0.4, -0.2) is 29.4 Å². The number of hydrogen-bond donors (Lipinski definition) is 3. The Bertz CT molecular complexity index is 249. The van der Waals surface area contributed by atoms with E-state index in [1.54, 1.807) is 6.20 Å². The fraction of sp³-hybridized carbons (Fsp3) is 0.429. The lowest BCUT2D eigenvalue weighted by atomic mass is 10.5. The van der Waals surface area contributed by atoms with Gasteiger partial charge in [0.05, 0.1) is 18.6 Å². The van der Waals surface area contributed by atoms with Crippen molar-refractivity contribution in [3.8, 4) is 0 Å². The van der Waals surface area contributed by atoms with Crippen LogP contribution >= 0.6 is 0 Å². The number of carbonyl (C=O) groups is 1. The van der Waals surface area contributed by atoms with Crippen molar-refractivity contribution in [1.29, 1.82) is 0 Å². The highest BCUT2D eigenvalue weighted by Gasteiger charge is 2.00. The summed E-state index contributed by atoms with van der Waals surface area (Å²) in [4.78, 5) is 11.0. The van der Waals surface area contributed by atoms with Crippen molar-refractivity contribution >= 4 is 11.7 Å². The number of rotatable bonds is 4. The summed E-state index contributed by atoms with van der Waals surface area (Å²) < 4.78 is 11.6. The average Bonchev–Trinajstić information content (AvgIpc) is 2.57. The molecule has 2 amide bonds. The minimum atomic E-state index is -0.425. The third kappa shape index (κ3) is 3.55. The van der Waals surface area contributed by atoms with Crippen LogP contribution in [0.4, 0.5) is 14.9 Å². The summed E-state index contributed by atoms with van der Waals surface area (Å²) in [7, 11) is 0. The summed E-state index contributed by atoms with van der Waals surface area (Å²) in [6, 6.07) is -0.352. The lowest BCUT2D eigenvalue weighted by molar-refractivity contribution is 0.251. The number of carbonyl (C=O) groups excluding carboxylic acids is 1. The highest BCUT2D eigenvalue weighted by atomic mass is 19.1. The molecule has 0 aliphatic carbocycles. The monoisotopic (exact) mass is 186 g/mol. The molecule has 0 fully saturated rings. The van der Waals surface area contributed by atoms with Gasteiger partial charge in [-0.1, -0.05) is 0 Å². The Kier molecular flexibility index (Phi) is 3.74. The summed E-state index contributed by atoms with van der Waals surface area (Å²) in [5, 5.41) is 11.2.